The van der Waals surface area contributed by atoms with Crippen molar-refractivity contribution in [2.24, 2.45) is 12.8 Å². The highest BCUT2D eigenvalue weighted by atomic mass is 79.9. The van der Waals surface area contributed by atoms with Gasteiger partial charge in [0.05, 0.1) is 6.20 Å². The van der Waals surface area contributed by atoms with Gasteiger partial charge in [-0.3, -0.25) is 4.68 Å². The molecule has 0 bridgehead atoms. The summed E-state index contributed by atoms with van der Waals surface area (Å²) < 4.78 is 15.6. The number of aromatic nitrogens is 2. The van der Waals surface area contributed by atoms with E-state index in [0.717, 1.165) is 21.3 Å². The van der Waals surface area contributed by atoms with Crippen LogP contribution in [0.2, 0.25) is 0 Å². The Labute approximate surface area is 114 Å². The Morgan fingerprint density at radius 1 is 1.50 bits per heavy atom. The molecule has 0 aliphatic heterocycles. The average molecular weight is 312 g/mol. The van der Waals surface area contributed by atoms with Crippen LogP contribution in [0.5, 0.6) is 0 Å². The molecule has 2 rings (SSSR count). The molecule has 2 aromatic rings. The number of hydrogen-bond acceptors (Lipinski definition) is 2. The Balaban J connectivity index is 2.21. The molecule has 0 aliphatic rings. The largest absolute Gasteiger partial charge is 0.324 e. The highest BCUT2D eigenvalue weighted by Gasteiger charge is 2.14. The van der Waals surface area contributed by atoms with Crippen molar-refractivity contribution in [3.05, 3.63) is 51.5 Å². The van der Waals surface area contributed by atoms with Gasteiger partial charge in [-0.25, -0.2) is 4.39 Å². The molecule has 0 saturated heterocycles. The Bertz CT molecular complexity index is 565. The molecular weight excluding hydrogens is 297 g/mol. The topological polar surface area (TPSA) is 43.8 Å². The summed E-state index contributed by atoms with van der Waals surface area (Å²) in [6.07, 6.45) is 2.44. The zero-order valence-corrected chi connectivity index (χ0v) is 11.9. The molecule has 1 unspecified atom stereocenters. The van der Waals surface area contributed by atoms with Crippen molar-refractivity contribution in [1.82, 2.24) is 9.78 Å². The minimum Gasteiger partial charge on any atom is -0.324 e. The minimum absolute atomic E-state index is 0.138. The Morgan fingerprint density at radius 3 is 2.78 bits per heavy atom. The maximum Gasteiger partial charge on any atom is 0.124 e. The van der Waals surface area contributed by atoms with Crippen LogP contribution in [0.3, 0.4) is 0 Å². The molecule has 3 nitrogen and oxygen atoms in total. The third-order valence-corrected chi connectivity index (χ3v) is 3.87. The number of nitrogens with two attached hydrogens (primary N) is 1. The lowest BCUT2D eigenvalue weighted by Crippen LogP contribution is -2.14. The van der Waals surface area contributed by atoms with Gasteiger partial charge in [0.1, 0.15) is 5.82 Å². The lowest BCUT2D eigenvalue weighted by atomic mass is 10.0. The molecular formula is C13H15BrFN3. The van der Waals surface area contributed by atoms with Crippen molar-refractivity contribution in [2.45, 2.75) is 19.4 Å². The number of nitrogens with zero attached hydrogens (tertiary/aromatic N) is 2. The number of aryl methyl sites for hydroxylation is 1. The van der Waals surface area contributed by atoms with Crippen LogP contribution in [0.4, 0.5) is 4.39 Å². The zero-order chi connectivity index (χ0) is 13.3. The van der Waals surface area contributed by atoms with E-state index in [0.29, 0.717) is 6.42 Å². The molecule has 0 amide bonds. The van der Waals surface area contributed by atoms with E-state index in [2.05, 4.69) is 21.0 Å². The van der Waals surface area contributed by atoms with Crippen molar-refractivity contribution in [3.8, 4) is 0 Å². The Kier molecular flexibility index (Phi) is 3.82. The molecule has 18 heavy (non-hydrogen) atoms. The highest BCUT2D eigenvalue weighted by Crippen LogP contribution is 2.24. The summed E-state index contributed by atoms with van der Waals surface area (Å²) in [5.41, 5.74) is 9.25. The molecule has 2 N–H and O–H groups in total. The van der Waals surface area contributed by atoms with Crippen LogP contribution in [-0.2, 0) is 13.5 Å². The highest BCUT2D eigenvalue weighted by molar-refractivity contribution is 9.10. The van der Waals surface area contributed by atoms with Crippen LogP contribution in [0.25, 0.3) is 0 Å². The number of benzene rings is 1. The second-order valence-electron chi connectivity index (χ2n) is 4.36. The maximum absolute atomic E-state index is 13.0. The SMILES string of the molecule is Cc1c(C(N)Cc2ccc(F)cc2Br)cnn1C. The van der Waals surface area contributed by atoms with Crippen molar-refractivity contribution >= 4 is 15.9 Å². The molecule has 1 heterocycles. The first-order chi connectivity index (χ1) is 8.49. The van der Waals surface area contributed by atoms with E-state index < -0.39 is 0 Å². The lowest BCUT2D eigenvalue weighted by Gasteiger charge is -2.12. The van der Waals surface area contributed by atoms with Crippen LogP contribution in [0.1, 0.15) is 22.9 Å². The third-order valence-electron chi connectivity index (χ3n) is 3.13. The molecule has 1 atom stereocenters. The van der Waals surface area contributed by atoms with E-state index in [1.165, 1.54) is 12.1 Å². The lowest BCUT2D eigenvalue weighted by molar-refractivity contribution is 0.624. The summed E-state index contributed by atoms with van der Waals surface area (Å²) in [6.45, 7) is 1.99. The van der Waals surface area contributed by atoms with E-state index in [1.807, 2.05) is 14.0 Å². The minimum atomic E-state index is -0.253. The summed E-state index contributed by atoms with van der Waals surface area (Å²) in [5.74, 6) is -0.253. The first-order valence-corrected chi connectivity index (χ1v) is 6.46. The normalized spacial score (nSPS) is 12.7. The fraction of sp³-hybridized carbons (Fsp3) is 0.308. The van der Waals surface area contributed by atoms with Crippen LogP contribution in [0.15, 0.2) is 28.9 Å². The molecule has 1 aromatic carbocycles. The molecule has 96 valence electrons. The first-order valence-electron chi connectivity index (χ1n) is 5.67. The van der Waals surface area contributed by atoms with Crippen LogP contribution >= 0.6 is 15.9 Å². The number of hydrogen-bond donors (Lipinski definition) is 1. The van der Waals surface area contributed by atoms with Gasteiger partial charge in [-0.1, -0.05) is 22.0 Å². The number of rotatable bonds is 3. The second-order valence-corrected chi connectivity index (χ2v) is 5.21. The molecule has 0 fully saturated rings. The predicted octanol–water partition coefficient (Wildman–Crippen LogP) is 2.87. The molecule has 0 radical (unpaired) electrons. The molecule has 0 saturated carbocycles. The van der Waals surface area contributed by atoms with Crippen LogP contribution < -0.4 is 5.73 Å². The van der Waals surface area contributed by atoms with Crippen molar-refractivity contribution in [1.29, 1.82) is 0 Å². The monoisotopic (exact) mass is 311 g/mol. The summed E-state index contributed by atoms with van der Waals surface area (Å²) >= 11 is 3.36. The second kappa shape index (κ2) is 5.20. The van der Waals surface area contributed by atoms with Gasteiger partial charge in [-0.05, 0) is 31.0 Å². The van der Waals surface area contributed by atoms with Gasteiger partial charge in [-0.15, -0.1) is 0 Å². The smallest absolute Gasteiger partial charge is 0.124 e. The molecule has 1 aromatic heterocycles. The maximum atomic E-state index is 13.0. The zero-order valence-electron chi connectivity index (χ0n) is 10.3. The van der Waals surface area contributed by atoms with Gasteiger partial charge >= 0.3 is 0 Å². The van der Waals surface area contributed by atoms with E-state index >= 15 is 0 Å². The van der Waals surface area contributed by atoms with Crippen molar-refractivity contribution in [2.75, 3.05) is 0 Å². The van der Waals surface area contributed by atoms with E-state index in [4.69, 9.17) is 5.73 Å². The fourth-order valence-electron chi connectivity index (χ4n) is 1.91. The molecule has 5 heteroatoms. The Morgan fingerprint density at radius 2 is 2.22 bits per heavy atom. The fourth-order valence-corrected chi connectivity index (χ4v) is 2.43. The van der Waals surface area contributed by atoms with Crippen molar-refractivity contribution in [3.63, 3.8) is 0 Å². The van der Waals surface area contributed by atoms with E-state index in [9.17, 15) is 4.39 Å². The summed E-state index contributed by atoms with van der Waals surface area (Å²) in [6, 6.07) is 4.52. The standard InChI is InChI=1S/C13H15BrFN3/c1-8-11(7-17-18(8)2)13(16)5-9-3-4-10(15)6-12(9)14/h3-4,6-7,13H,5,16H2,1-2H3. The van der Waals surface area contributed by atoms with Crippen LogP contribution in [-0.4, -0.2) is 9.78 Å². The summed E-state index contributed by atoms with van der Waals surface area (Å²) in [7, 11) is 1.89. The third kappa shape index (κ3) is 2.62. The first kappa shape index (κ1) is 13.2. The quantitative estimate of drug-likeness (QED) is 0.947. The van der Waals surface area contributed by atoms with Gasteiger partial charge < -0.3 is 5.73 Å². The van der Waals surface area contributed by atoms with Gasteiger partial charge in [0.15, 0.2) is 0 Å². The van der Waals surface area contributed by atoms with Gasteiger partial charge in [0, 0.05) is 28.8 Å². The molecule has 0 spiro atoms. The number of halogens is 2. The van der Waals surface area contributed by atoms with Gasteiger partial charge in [0.2, 0.25) is 0 Å². The predicted molar refractivity (Wildman–Crippen MR) is 72.7 cm³/mol. The van der Waals surface area contributed by atoms with Gasteiger partial charge in [-0.2, -0.15) is 5.10 Å². The van der Waals surface area contributed by atoms with E-state index in [-0.39, 0.29) is 11.9 Å². The average Bonchev–Trinajstić information content (AvgIpc) is 2.64. The van der Waals surface area contributed by atoms with E-state index in [1.54, 1.807) is 16.9 Å². The van der Waals surface area contributed by atoms with Crippen LogP contribution in [0, 0.1) is 12.7 Å². The Hall–Kier alpha value is -1.20. The van der Waals surface area contributed by atoms with Crippen molar-refractivity contribution < 1.29 is 4.39 Å². The van der Waals surface area contributed by atoms with Gasteiger partial charge in [0.25, 0.3) is 0 Å². The summed E-state index contributed by atoms with van der Waals surface area (Å²) in [4.78, 5) is 0. The summed E-state index contributed by atoms with van der Waals surface area (Å²) in [5, 5.41) is 4.18. The molecule has 0 aliphatic carbocycles.